The number of esters is 2. The van der Waals surface area contributed by atoms with Crippen LogP contribution < -0.4 is 25.5 Å². The lowest BCUT2D eigenvalue weighted by molar-refractivity contribution is -0.231. The van der Waals surface area contributed by atoms with Crippen molar-refractivity contribution in [3.05, 3.63) is 124 Å². The third kappa shape index (κ3) is 22.6. The molecule has 8 rings (SSSR count). The van der Waals surface area contributed by atoms with Crippen LogP contribution in [0, 0.1) is 53.1 Å². The lowest BCUT2D eigenvalue weighted by Gasteiger charge is -2.47. The zero-order valence-electron chi connectivity index (χ0n) is 61.8. The van der Waals surface area contributed by atoms with E-state index in [2.05, 4.69) is 51.6 Å². The predicted octanol–water partition coefficient (Wildman–Crippen LogP) is 8.55. The molecule has 612 valence electrons. The highest BCUT2D eigenvalue weighted by molar-refractivity contribution is 7.51. The molecule has 29 nitrogen and oxygen atoms in total. The number of alkyl halides is 8. The van der Waals surface area contributed by atoms with Gasteiger partial charge in [-0.15, -0.1) is 0 Å². The van der Waals surface area contributed by atoms with Crippen molar-refractivity contribution in [2.24, 2.45) is 22.7 Å². The highest BCUT2D eigenvalue weighted by Crippen LogP contribution is 2.49. The Morgan fingerprint density at radius 2 is 1.37 bits per heavy atom. The van der Waals surface area contributed by atoms with Gasteiger partial charge in [0.05, 0.1) is 93.4 Å². The van der Waals surface area contributed by atoms with E-state index < -0.39 is 213 Å². The van der Waals surface area contributed by atoms with Crippen molar-refractivity contribution in [1.29, 1.82) is 0 Å². The standard InChI is InChI=1S/C71H84F10N10O19P2/c1-38-20-44(26-57(93)84-53(63(97)98)37-111(100,101)102)60(55(21-38)110-112(103,104)105)67(2,3)28-59(95)109-56(34-89(87-62(96)49(27-58(94)106-8)68(4,5)70(76,77)78)33-48-50(72)23-42(24-51(48)73)52-18-19-90(86-52)64(74)75)43(25-54(92)61(85-66(99)107-9)69(6,7)71(79,80)81)22-40-13-10-39(11-14-40)12-15-41-29-82-65(83-30-41)88-31-45-16-17-46(32-88)91(45)47-35-108-36-47/h10-11,13-14,18-21,23-24,29-30,43,45-47,49,53,56,61,64H,16-17,22,25-28,31-37H2,1-9H3,(H,84,93)(H,85,99)(H,87,96)(H,97,98)(H2,100,101,102)(H2,103,104,105)/t43-,45?,46?,49-,53?,56+,61-/m1/s1. The van der Waals surface area contributed by atoms with Gasteiger partial charge in [0.2, 0.25) is 17.8 Å². The van der Waals surface area contributed by atoms with Crippen LogP contribution in [0.25, 0.3) is 11.3 Å². The molecule has 7 atom stereocenters. The van der Waals surface area contributed by atoms with Crippen LogP contribution in [0.15, 0.2) is 73.2 Å². The number of rotatable bonds is 33. The van der Waals surface area contributed by atoms with E-state index in [0.717, 1.165) is 45.4 Å². The molecule has 3 amide bonds. The van der Waals surface area contributed by atoms with Crippen LogP contribution in [0.3, 0.4) is 0 Å². The lowest BCUT2D eigenvalue weighted by Crippen LogP contribution is -2.62. The zero-order valence-corrected chi connectivity index (χ0v) is 63.6. The van der Waals surface area contributed by atoms with Crippen molar-refractivity contribution < 1.29 is 135 Å². The number of phosphoric ester groups is 1. The number of aryl methyl sites for hydroxylation is 1. The van der Waals surface area contributed by atoms with Gasteiger partial charge in [-0.05, 0) is 93.1 Å². The van der Waals surface area contributed by atoms with E-state index >= 15 is 44.7 Å². The second-order valence-corrected chi connectivity index (χ2v) is 32.2. The maximum atomic E-state index is 16.9. The van der Waals surface area contributed by atoms with Crippen LogP contribution in [-0.4, -0.2) is 198 Å². The van der Waals surface area contributed by atoms with Gasteiger partial charge in [-0.2, -0.15) is 40.2 Å². The molecule has 5 heterocycles. The first kappa shape index (κ1) is 88.4. The number of hydrazine groups is 1. The SMILES string of the molecule is COC(=O)C[C@H](C(=O)NN(Cc1c(F)cc(-c2ccn(C(F)F)n2)cc1F)C[C@H](OC(=O)CC(C)(C)c1c(CC(=O)NC(CP(=O)(O)O)C(=O)O)cc(C)cc1OP(=O)(O)O)[C@@H](CC(=O)[C@@H](NC(=O)OC)C(C)(C)C(F)(F)F)Cc1ccc(C#Cc2cnc(N3CC4CCC(C3)N4C3COC3)nc2)cc1)C(C)(C)C(F)(F)F. The smallest absolute Gasteiger partial charge is 0.480 e. The number of carbonyl (C=O) groups is 7. The minimum atomic E-state index is -5.68. The summed E-state index contributed by atoms with van der Waals surface area (Å²) in [7, 11) is -9.33. The number of Topliss-reactive ketones (excluding diaryl/α,β-unsaturated/α-hetero) is 1. The van der Waals surface area contributed by atoms with Crippen LogP contribution in [0.2, 0.25) is 0 Å². The molecule has 112 heavy (non-hydrogen) atoms. The van der Waals surface area contributed by atoms with Crippen molar-refractivity contribution in [2.75, 3.05) is 58.1 Å². The summed E-state index contributed by atoms with van der Waals surface area (Å²) in [5, 5.41) is 17.7. The molecule has 5 aromatic rings. The van der Waals surface area contributed by atoms with Gasteiger partial charge < -0.3 is 53.9 Å². The minimum absolute atomic E-state index is 0.0747. The Balaban J connectivity index is 1.28. The number of carboxylic acids is 1. The number of alkyl carbamates (subject to hydrolysis) is 1. The molecule has 3 unspecified atom stereocenters. The summed E-state index contributed by atoms with van der Waals surface area (Å²) < 4.78 is 204. The number of halogens is 10. The van der Waals surface area contributed by atoms with Gasteiger partial charge in [0.25, 0.3) is 0 Å². The summed E-state index contributed by atoms with van der Waals surface area (Å²) in [4.78, 5) is 151. The predicted molar refractivity (Wildman–Crippen MR) is 375 cm³/mol. The molecular formula is C71H84F10N10O19P2. The number of carbonyl (C=O) groups excluding carboxylic acids is 6. The van der Waals surface area contributed by atoms with Crippen LogP contribution in [-0.2, 0) is 81.6 Å². The first-order valence-electron chi connectivity index (χ1n) is 34.6. The van der Waals surface area contributed by atoms with Crippen molar-refractivity contribution in [2.45, 2.75) is 161 Å². The Kier molecular flexibility index (Phi) is 28.0. The summed E-state index contributed by atoms with van der Waals surface area (Å²) >= 11 is 0. The fraction of sp³-hybridized carbons (Fsp3) is 0.521. The molecule has 0 saturated carbocycles. The quantitative estimate of drug-likeness (QED) is 0.00487. The lowest BCUT2D eigenvalue weighted by atomic mass is 9.75. The number of amides is 3. The largest absolute Gasteiger partial charge is 0.524 e. The van der Waals surface area contributed by atoms with E-state index in [9.17, 15) is 66.6 Å². The summed E-state index contributed by atoms with van der Waals surface area (Å²) in [6.45, 7) is 2.58. The van der Waals surface area contributed by atoms with E-state index in [-0.39, 0.29) is 21.4 Å². The number of methoxy groups -OCH3 is 2. The Morgan fingerprint density at radius 3 is 1.88 bits per heavy atom. The zero-order chi connectivity index (χ0) is 83.1. The van der Waals surface area contributed by atoms with Gasteiger partial charge in [-0.3, -0.25) is 48.7 Å². The molecule has 2 aromatic heterocycles. The van der Waals surface area contributed by atoms with E-state index in [0.29, 0.717) is 106 Å². The van der Waals surface area contributed by atoms with Gasteiger partial charge in [0.1, 0.15) is 35.6 Å². The van der Waals surface area contributed by atoms with Crippen LogP contribution >= 0.6 is 15.4 Å². The molecule has 2 bridgehead atoms. The average molecular weight is 1630 g/mol. The topological polar surface area (TPSA) is 390 Å². The van der Waals surface area contributed by atoms with E-state index in [1.807, 2.05) is 10.6 Å². The number of aromatic nitrogens is 4. The molecule has 3 saturated heterocycles. The number of fused-ring (bicyclic) bond motifs is 2. The number of benzene rings is 3. The third-order valence-electron chi connectivity index (χ3n) is 19.8. The molecule has 41 heteroatoms. The van der Waals surface area contributed by atoms with Crippen molar-refractivity contribution >= 4 is 63.0 Å². The Morgan fingerprint density at radius 1 is 0.768 bits per heavy atom. The number of phosphoric acid groups is 1. The van der Waals surface area contributed by atoms with Gasteiger partial charge in [0, 0.05) is 90.3 Å². The highest BCUT2D eigenvalue weighted by atomic mass is 31.2. The molecule has 0 aliphatic carbocycles. The van der Waals surface area contributed by atoms with Crippen LogP contribution in [0.4, 0.5) is 54.6 Å². The van der Waals surface area contributed by atoms with E-state index in [1.165, 1.54) is 63.5 Å². The Hall–Kier alpha value is -9.12. The molecule has 3 aromatic carbocycles. The normalized spacial score (nSPS) is 17.3. The van der Waals surface area contributed by atoms with Gasteiger partial charge in [0.15, 0.2) is 5.78 Å². The minimum Gasteiger partial charge on any atom is -0.480 e. The summed E-state index contributed by atoms with van der Waals surface area (Å²) in [5.41, 5.74) is -8.29. The number of nitrogens with zero attached hydrogens (tertiary/aromatic N) is 7. The molecule has 3 aliphatic heterocycles. The molecule has 0 radical (unpaired) electrons. The second-order valence-electron chi connectivity index (χ2n) is 29.3. The number of ketones is 1. The maximum absolute atomic E-state index is 16.9. The van der Waals surface area contributed by atoms with Gasteiger partial charge in [-0.1, -0.05) is 57.7 Å². The number of anilines is 1. The number of nitrogens with one attached hydrogen (secondary N) is 3. The fourth-order valence-electron chi connectivity index (χ4n) is 13.7. The summed E-state index contributed by atoms with van der Waals surface area (Å²) in [6.07, 6.45) is -15.6. The number of carboxylic acid groups (broad SMARTS) is 1. The number of hydrogen-bond donors (Lipinski definition) is 8. The molecule has 8 N–H and O–H groups in total. The number of piperazine rings is 1. The maximum Gasteiger partial charge on any atom is 0.524 e. The third-order valence-corrected chi connectivity index (χ3v) is 21.1. The summed E-state index contributed by atoms with van der Waals surface area (Å²) in [6, 6.07) is 6.09. The van der Waals surface area contributed by atoms with Crippen molar-refractivity contribution in [3.63, 3.8) is 0 Å². The van der Waals surface area contributed by atoms with E-state index in [1.54, 1.807) is 0 Å². The van der Waals surface area contributed by atoms with E-state index in [4.69, 9.17) is 14.0 Å². The number of aliphatic carboxylic acids is 1. The van der Waals surface area contributed by atoms with Crippen LogP contribution in [0.1, 0.15) is 119 Å². The Labute approximate surface area is 635 Å². The van der Waals surface area contributed by atoms with Crippen molar-refractivity contribution in [3.8, 4) is 28.8 Å². The first-order chi connectivity index (χ1) is 52.0. The average Bonchev–Trinajstić information content (AvgIpc) is 1.43. The summed E-state index contributed by atoms with van der Waals surface area (Å²) in [5.74, 6) is -11.3. The number of ether oxygens (including phenoxy) is 4. The highest BCUT2D eigenvalue weighted by Gasteiger charge is 2.58. The molecular weight excluding hydrogens is 1550 g/mol. The monoisotopic (exact) mass is 1630 g/mol. The second kappa shape index (κ2) is 35.5. The molecule has 3 fully saturated rings. The fourth-order valence-corrected chi connectivity index (χ4v) is 14.8. The van der Waals surface area contributed by atoms with Crippen molar-refractivity contribution in [1.82, 2.24) is 45.7 Å². The Bertz CT molecular complexity index is 4410. The van der Waals surface area contributed by atoms with Gasteiger partial charge in [-0.25, -0.2) is 42.6 Å². The van der Waals surface area contributed by atoms with Crippen LogP contribution in [0.5, 0.6) is 5.75 Å². The molecule has 3 aliphatic rings. The molecule has 0 spiro atoms. The first-order valence-corrected chi connectivity index (χ1v) is 37.9. The van der Waals surface area contributed by atoms with Gasteiger partial charge >= 0.3 is 58.3 Å². The number of hydrogen-bond acceptors (Lipinski definition) is 20.